The molecule has 0 amide bonds. The first-order valence-electron chi connectivity index (χ1n) is 5.42. The van der Waals surface area contributed by atoms with Crippen LogP contribution in [0.25, 0.3) is 0 Å². The predicted octanol–water partition coefficient (Wildman–Crippen LogP) is 2.04. The SMILES string of the molecule is COc1ccc(C(Cc2nccs2)NN)c(F)c1. The molecule has 1 aromatic carbocycles. The van der Waals surface area contributed by atoms with Gasteiger partial charge in [0, 0.05) is 29.6 Å². The van der Waals surface area contributed by atoms with E-state index in [0.717, 1.165) is 5.01 Å². The maximum absolute atomic E-state index is 13.9. The van der Waals surface area contributed by atoms with E-state index >= 15 is 0 Å². The number of nitrogens with one attached hydrogen (secondary N) is 1. The first-order chi connectivity index (χ1) is 8.74. The Hall–Kier alpha value is -1.50. The Balaban J connectivity index is 2.22. The van der Waals surface area contributed by atoms with Crippen LogP contribution in [-0.4, -0.2) is 12.1 Å². The normalized spacial score (nSPS) is 12.4. The lowest BCUT2D eigenvalue weighted by molar-refractivity contribution is 0.409. The van der Waals surface area contributed by atoms with Crippen LogP contribution >= 0.6 is 11.3 Å². The number of aromatic nitrogens is 1. The zero-order chi connectivity index (χ0) is 13.0. The molecule has 6 heteroatoms. The Labute approximate surface area is 109 Å². The molecule has 4 nitrogen and oxygen atoms in total. The summed E-state index contributed by atoms with van der Waals surface area (Å²) in [5.41, 5.74) is 3.13. The molecule has 1 aromatic heterocycles. The lowest BCUT2D eigenvalue weighted by Crippen LogP contribution is -2.30. The molecule has 0 aliphatic carbocycles. The number of nitrogens with zero attached hydrogens (tertiary/aromatic N) is 1. The van der Waals surface area contributed by atoms with Gasteiger partial charge in [-0.05, 0) is 6.07 Å². The fourth-order valence-corrected chi connectivity index (χ4v) is 2.37. The third-order valence-corrected chi connectivity index (χ3v) is 3.45. The van der Waals surface area contributed by atoms with Crippen LogP contribution in [0.15, 0.2) is 29.8 Å². The summed E-state index contributed by atoms with van der Waals surface area (Å²) in [6.45, 7) is 0. The molecule has 0 aliphatic heterocycles. The maximum atomic E-state index is 13.9. The summed E-state index contributed by atoms with van der Waals surface area (Å²) in [4.78, 5) is 4.17. The number of ether oxygens (including phenoxy) is 1. The Kier molecular flexibility index (Phi) is 4.24. The minimum atomic E-state index is -0.339. The highest BCUT2D eigenvalue weighted by Crippen LogP contribution is 2.24. The van der Waals surface area contributed by atoms with Crippen molar-refractivity contribution in [2.24, 2.45) is 5.84 Å². The summed E-state index contributed by atoms with van der Waals surface area (Å²) in [6, 6.07) is 4.43. The molecule has 0 bridgehead atoms. The molecule has 2 rings (SSSR count). The summed E-state index contributed by atoms with van der Waals surface area (Å²) in [6.07, 6.45) is 2.27. The average Bonchev–Trinajstić information content (AvgIpc) is 2.89. The Morgan fingerprint density at radius 1 is 1.56 bits per heavy atom. The van der Waals surface area contributed by atoms with Crippen LogP contribution in [0.5, 0.6) is 5.75 Å². The summed E-state index contributed by atoms with van der Waals surface area (Å²) in [5, 5.41) is 2.79. The molecule has 3 N–H and O–H groups in total. The van der Waals surface area contributed by atoms with Crippen LogP contribution in [0, 0.1) is 5.82 Å². The standard InChI is InChI=1S/C12H14FN3OS/c1-17-8-2-3-9(10(13)6-8)11(16-14)7-12-15-4-5-18-12/h2-6,11,16H,7,14H2,1H3. The van der Waals surface area contributed by atoms with Gasteiger partial charge in [0.05, 0.1) is 18.2 Å². The molecule has 0 radical (unpaired) electrons. The van der Waals surface area contributed by atoms with Gasteiger partial charge in [-0.2, -0.15) is 0 Å². The Morgan fingerprint density at radius 2 is 2.39 bits per heavy atom. The molecule has 96 valence electrons. The lowest BCUT2D eigenvalue weighted by atomic mass is 10.0. The van der Waals surface area contributed by atoms with Gasteiger partial charge in [-0.15, -0.1) is 11.3 Å². The Bertz CT molecular complexity index is 504. The molecular formula is C12H14FN3OS. The van der Waals surface area contributed by atoms with Crippen molar-refractivity contribution < 1.29 is 9.13 Å². The number of hydrogen-bond acceptors (Lipinski definition) is 5. The smallest absolute Gasteiger partial charge is 0.131 e. The van der Waals surface area contributed by atoms with Crippen LogP contribution in [0.2, 0.25) is 0 Å². The topological polar surface area (TPSA) is 60.2 Å². The molecular weight excluding hydrogens is 253 g/mol. The second-order valence-corrected chi connectivity index (χ2v) is 4.72. The van der Waals surface area contributed by atoms with Gasteiger partial charge in [-0.25, -0.2) is 9.37 Å². The van der Waals surface area contributed by atoms with Gasteiger partial charge >= 0.3 is 0 Å². The van der Waals surface area contributed by atoms with Crippen LogP contribution in [0.3, 0.4) is 0 Å². The van der Waals surface area contributed by atoms with Crippen molar-refractivity contribution in [2.45, 2.75) is 12.5 Å². The second-order valence-electron chi connectivity index (χ2n) is 3.74. The molecule has 0 spiro atoms. The zero-order valence-corrected chi connectivity index (χ0v) is 10.7. The van der Waals surface area contributed by atoms with E-state index in [-0.39, 0.29) is 11.9 Å². The summed E-state index contributed by atoms with van der Waals surface area (Å²) >= 11 is 1.52. The van der Waals surface area contributed by atoms with Crippen LogP contribution in [-0.2, 0) is 6.42 Å². The summed E-state index contributed by atoms with van der Waals surface area (Å²) in [7, 11) is 1.50. The highest BCUT2D eigenvalue weighted by Gasteiger charge is 2.16. The highest BCUT2D eigenvalue weighted by molar-refractivity contribution is 7.09. The Morgan fingerprint density at radius 3 is 2.94 bits per heavy atom. The maximum Gasteiger partial charge on any atom is 0.131 e. The number of hydrogen-bond donors (Lipinski definition) is 2. The first kappa shape index (κ1) is 12.9. The van der Waals surface area contributed by atoms with E-state index in [2.05, 4.69) is 10.4 Å². The molecule has 1 unspecified atom stereocenters. The molecule has 0 saturated carbocycles. The van der Waals surface area contributed by atoms with Gasteiger partial charge in [0.1, 0.15) is 11.6 Å². The largest absolute Gasteiger partial charge is 0.497 e. The van der Waals surface area contributed by atoms with Crippen molar-refractivity contribution >= 4 is 11.3 Å². The number of thiazole rings is 1. The van der Waals surface area contributed by atoms with Gasteiger partial charge in [-0.1, -0.05) is 6.07 Å². The van der Waals surface area contributed by atoms with Crippen molar-refractivity contribution in [1.82, 2.24) is 10.4 Å². The number of hydrazine groups is 1. The quantitative estimate of drug-likeness (QED) is 0.643. The van der Waals surface area contributed by atoms with E-state index in [4.69, 9.17) is 10.6 Å². The number of benzene rings is 1. The zero-order valence-electron chi connectivity index (χ0n) is 9.89. The summed E-state index contributed by atoms with van der Waals surface area (Å²) in [5.74, 6) is 5.64. The van der Waals surface area contributed by atoms with Gasteiger partial charge < -0.3 is 4.74 Å². The van der Waals surface area contributed by atoms with Crippen molar-refractivity contribution in [3.63, 3.8) is 0 Å². The van der Waals surface area contributed by atoms with E-state index in [1.807, 2.05) is 5.38 Å². The number of rotatable bonds is 5. The number of nitrogens with two attached hydrogens (primary N) is 1. The van der Waals surface area contributed by atoms with Crippen LogP contribution in [0.1, 0.15) is 16.6 Å². The number of methoxy groups -OCH3 is 1. The van der Waals surface area contributed by atoms with Crippen LogP contribution < -0.4 is 16.0 Å². The molecule has 1 heterocycles. The minimum Gasteiger partial charge on any atom is -0.497 e. The molecule has 0 aliphatic rings. The number of halogens is 1. The highest BCUT2D eigenvalue weighted by atomic mass is 32.1. The van der Waals surface area contributed by atoms with E-state index in [0.29, 0.717) is 17.7 Å². The van der Waals surface area contributed by atoms with Crippen molar-refractivity contribution in [1.29, 1.82) is 0 Å². The van der Waals surface area contributed by atoms with Crippen molar-refractivity contribution in [2.75, 3.05) is 7.11 Å². The van der Waals surface area contributed by atoms with Crippen LogP contribution in [0.4, 0.5) is 4.39 Å². The molecule has 2 aromatic rings. The molecule has 0 saturated heterocycles. The third kappa shape index (κ3) is 2.84. The predicted molar refractivity (Wildman–Crippen MR) is 68.8 cm³/mol. The molecule has 1 atom stereocenters. The molecule has 0 fully saturated rings. The first-order valence-corrected chi connectivity index (χ1v) is 6.30. The van der Waals surface area contributed by atoms with E-state index in [1.165, 1.54) is 24.5 Å². The van der Waals surface area contributed by atoms with Crippen molar-refractivity contribution in [3.05, 3.63) is 46.2 Å². The average molecular weight is 267 g/mol. The van der Waals surface area contributed by atoms with E-state index in [1.54, 1.807) is 18.3 Å². The van der Waals surface area contributed by atoms with Gasteiger partial charge in [-0.3, -0.25) is 11.3 Å². The monoisotopic (exact) mass is 267 g/mol. The lowest BCUT2D eigenvalue weighted by Gasteiger charge is -2.16. The molecule has 18 heavy (non-hydrogen) atoms. The fourth-order valence-electron chi connectivity index (χ4n) is 1.70. The van der Waals surface area contributed by atoms with Crippen molar-refractivity contribution in [3.8, 4) is 5.75 Å². The van der Waals surface area contributed by atoms with E-state index in [9.17, 15) is 4.39 Å². The third-order valence-electron chi connectivity index (χ3n) is 2.65. The minimum absolute atomic E-state index is 0.304. The second kappa shape index (κ2) is 5.90. The summed E-state index contributed by atoms with van der Waals surface area (Å²) < 4.78 is 18.9. The van der Waals surface area contributed by atoms with Gasteiger partial charge in [0.2, 0.25) is 0 Å². The van der Waals surface area contributed by atoms with Gasteiger partial charge in [0.15, 0.2) is 0 Å². The van der Waals surface area contributed by atoms with Gasteiger partial charge in [0.25, 0.3) is 0 Å². The fraction of sp³-hybridized carbons (Fsp3) is 0.250. The van der Waals surface area contributed by atoms with E-state index < -0.39 is 0 Å².